The molecule has 0 spiro atoms. The van der Waals surface area contributed by atoms with Crippen molar-refractivity contribution in [2.24, 2.45) is 0 Å². The van der Waals surface area contributed by atoms with Gasteiger partial charge in [-0.1, -0.05) is 29.3 Å². The van der Waals surface area contributed by atoms with Gasteiger partial charge in [-0.05, 0) is 35.4 Å². The first-order valence-electron chi connectivity index (χ1n) is 8.74. The topological polar surface area (TPSA) is 108 Å². The van der Waals surface area contributed by atoms with E-state index in [1.165, 1.54) is 23.9 Å². The van der Waals surface area contributed by atoms with Gasteiger partial charge in [-0.15, -0.1) is 11.3 Å². The summed E-state index contributed by atoms with van der Waals surface area (Å²) in [5.41, 5.74) is 2.27. The number of benzene rings is 1. The Balaban J connectivity index is 1.94. The van der Waals surface area contributed by atoms with Gasteiger partial charge in [-0.2, -0.15) is 5.10 Å². The van der Waals surface area contributed by atoms with Crippen molar-refractivity contribution >= 4 is 52.0 Å². The van der Waals surface area contributed by atoms with E-state index in [0.29, 0.717) is 48.0 Å². The minimum atomic E-state index is -0.660. The molecule has 31 heavy (non-hydrogen) atoms. The molecule has 4 aromatic rings. The molecule has 154 valence electrons. The number of carbonyl (C=O) groups excluding carboxylic acids is 1. The van der Waals surface area contributed by atoms with Crippen LogP contribution < -0.4 is 5.32 Å². The first-order chi connectivity index (χ1) is 15.0. The lowest BCUT2D eigenvalue weighted by Gasteiger charge is -2.07. The lowest BCUT2D eigenvalue weighted by atomic mass is 10.0. The number of aliphatic hydroxyl groups is 1. The average molecular weight is 471 g/mol. The third kappa shape index (κ3) is 4.15. The number of hydrogen-bond donors (Lipinski definition) is 3. The van der Waals surface area contributed by atoms with Gasteiger partial charge in [-0.25, -0.2) is 14.8 Å². The Kier molecular flexibility index (Phi) is 5.97. The summed E-state index contributed by atoms with van der Waals surface area (Å²) in [6, 6.07) is 8.43. The van der Waals surface area contributed by atoms with E-state index in [-0.39, 0.29) is 5.82 Å². The van der Waals surface area contributed by atoms with Crippen LogP contribution in [0.1, 0.15) is 0 Å². The molecule has 0 aliphatic heterocycles. The molecule has 0 aliphatic carbocycles. The maximum atomic E-state index is 11.5. The van der Waals surface area contributed by atoms with Crippen LogP contribution in [0.15, 0.2) is 42.9 Å². The van der Waals surface area contributed by atoms with Gasteiger partial charge in [0.1, 0.15) is 18.8 Å². The van der Waals surface area contributed by atoms with Crippen LogP contribution in [-0.2, 0) is 4.79 Å². The van der Waals surface area contributed by atoms with E-state index in [2.05, 4.69) is 30.3 Å². The van der Waals surface area contributed by atoms with Crippen molar-refractivity contribution in [3.63, 3.8) is 0 Å². The Bertz CT molecular complexity index is 1310. The highest BCUT2D eigenvalue weighted by Gasteiger charge is 2.25. The molecule has 3 heterocycles. The number of amides is 1. The molecule has 0 saturated heterocycles. The van der Waals surface area contributed by atoms with Crippen LogP contribution in [0.4, 0.5) is 11.5 Å². The molecule has 0 unspecified atom stereocenters. The predicted octanol–water partition coefficient (Wildman–Crippen LogP) is 5.05. The zero-order valence-electron chi connectivity index (χ0n) is 15.6. The van der Waals surface area contributed by atoms with Crippen LogP contribution in [0.25, 0.3) is 37.1 Å². The van der Waals surface area contributed by atoms with Crippen LogP contribution in [0.3, 0.4) is 0 Å². The van der Waals surface area contributed by atoms with Gasteiger partial charge >= 0.3 is 0 Å². The van der Waals surface area contributed by atoms with Crippen LogP contribution in [0.5, 0.6) is 0 Å². The summed E-state index contributed by atoms with van der Waals surface area (Å²) in [6.07, 6.45) is 2.90. The largest absolute Gasteiger partial charge is 0.387 e. The first kappa shape index (κ1) is 21.0. The zero-order valence-corrected chi connectivity index (χ0v) is 17.9. The quantitative estimate of drug-likeness (QED) is 0.353. The molecule has 0 saturated carbocycles. The lowest BCUT2D eigenvalue weighted by molar-refractivity contribution is -0.118. The Morgan fingerprint density at radius 2 is 2.06 bits per heavy atom. The van der Waals surface area contributed by atoms with E-state index in [9.17, 15) is 4.79 Å². The molecule has 1 aromatic carbocycles. The summed E-state index contributed by atoms with van der Waals surface area (Å²) in [5.74, 6) is 0.162. The maximum absolute atomic E-state index is 11.5. The second-order valence-electron chi connectivity index (χ2n) is 6.19. The molecular weight excluding hydrogens is 459 g/mol. The average Bonchev–Trinajstić information content (AvgIpc) is 3.41. The molecule has 0 atom stereocenters. The number of thiophene rings is 1. The minimum Gasteiger partial charge on any atom is -0.387 e. The SMILES string of the molecule is [C-]#[N+]c1c(-c2ccnc(NC(=O)CO)c2)sc(-c2ncn[nH]2)c1-c1ccc(Cl)cc1Cl. The number of halogens is 2. The maximum Gasteiger partial charge on any atom is 0.251 e. The second kappa shape index (κ2) is 8.83. The second-order valence-corrected chi connectivity index (χ2v) is 8.05. The van der Waals surface area contributed by atoms with Gasteiger partial charge in [0.25, 0.3) is 5.91 Å². The number of anilines is 1. The van der Waals surface area contributed by atoms with Crippen molar-refractivity contribution in [2.45, 2.75) is 0 Å². The third-order valence-corrected chi connectivity index (χ3v) is 6.04. The molecule has 3 aromatic heterocycles. The molecule has 11 heteroatoms. The molecule has 8 nitrogen and oxygen atoms in total. The fraction of sp³-hybridized carbons (Fsp3) is 0.0500. The number of nitrogens with one attached hydrogen (secondary N) is 2. The van der Waals surface area contributed by atoms with E-state index < -0.39 is 12.5 Å². The lowest BCUT2D eigenvalue weighted by Crippen LogP contribution is -2.16. The standard InChI is InChI=1S/C20H12Cl2N6O2S/c1-23-17-16(12-3-2-11(21)7-13(12)22)19(20-25-9-26-28-20)31-18(17)10-4-5-24-14(6-10)27-15(30)8-29/h2-7,9,29H,8H2,(H,24,27,30)(H,25,26,28). The highest BCUT2D eigenvalue weighted by Crippen LogP contribution is 2.53. The van der Waals surface area contributed by atoms with Crippen LogP contribution in [0, 0.1) is 6.57 Å². The summed E-state index contributed by atoms with van der Waals surface area (Å²) < 4.78 is 0. The van der Waals surface area contributed by atoms with Gasteiger partial charge in [0.15, 0.2) is 5.82 Å². The molecule has 0 bridgehead atoms. The number of carbonyl (C=O) groups is 1. The Morgan fingerprint density at radius 3 is 2.74 bits per heavy atom. The number of aromatic amines is 1. The van der Waals surface area contributed by atoms with Crippen LogP contribution in [0.2, 0.25) is 10.0 Å². The van der Waals surface area contributed by atoms with Crippen LogP contribution in [-0.4, -0.2) is 37.8 Å². The van der Waals surface area contributed by atoms with E-state index in [0.717, 1.165) is 0 Å². The number of rotatable bonds is 5. The van der Waals surface area contributed by atoms with E-state index >= 15 is 0 Å². The van der Waals surface area contributed by atoms with E-state index in [1.807, 2.05) is 0 Å². The van der Waals surface area contributed by atoms with Gasteiger partial charge in [0.05, 0.1) is 11.4 Å². The molecule has 1 amide bonds. The summed E-state index contributed by atoms with van der Waals surface area (Å²) in [5, 5.41) is 19.1. The van der Waals surface area contributed by atoms with E-state index in [1.54, 1.807) is 30.3 Å². The first-order valence-corrected chi connectivity index (χ1v) is 10.3. The van der Waals surface area contributed by atoms with Crippen molar-refractivity contribution in [3.8, 4) is 32.3 Å². The normalized spacial score (nSPS) is 10.6. The van der Waals surface area contributed by atoms with Gasteiger partial charge in [-0.3, -0.25) is 9.89 Å². The highest BCUT2D eigenvalue weighted by molar-refractivity contribution is 7.20. The van der Waals surface area contributed by atoms with Gasteiger partial charge in [0.2, 0.25) is 5.69 Å². The third-order valence-electron chi connectivity index (χ3n) is 4.26. The van der Waals surface area contributed by atoms with Gasteiger partial charge in [0, 0.05) is 26.7 Å². The van der Waals surface area contributed by atoms with Crippen molar-refractivity contribution in [3.05, 3.63) is 64.3 Å². The van der Waals surface area contributed by atoms with E-state index in [4.69, 9.17) is 34.9 Å². The Hall–Kier alpha value is -3.29. The highest BCUT2D eigenvalue weighted by atomic mass is 35.5. The number of pyridine rings is 1. The van der Waals surface area contributed by atoms with Crippen molar-refractivity contribution in [1.82, 2.24) is 20.2 Å². The number of hydrogen-bond acceptors (Lipinski definition) is 6. The predicted molar refractivity (Wildman–Crippen MR) is 120 cm³/mol. The molecule has 4 rings (SSSR count). The number of nitrogens with zero attached hydrogens (tertiary/aromatic N) is 4. The smallest absolute Gasteiger partial charge is 0.251 e. The monoisotopic (exact) mass is 470 g/mol. The fourth-order valence-corrected chi connectivity index (χ4v) is 4.67. The van der Waals surface area contributed by atoms with Crippen molar-refractivity contribution in [1.29, 1.82) is 0 Å². The minimum absolute atomic E-state index is 0.258. The molecule has 0 radical (unpaired) electrons. The molecule has 0 aliphatic rings. The fourth-order valence-electron chi connectivity index (χ4n) is 2.97. The molecular formula is C20H12Cl2N6O2S. The summed E-state index contributed by atoms with van der Waals surface area (Å²) in [6.45, 7) is 7.21. The van der Waals surface area contributed by atoms with Gasteiger partial charge < -0.3 is 10.4 Å². The number of aromatic nitrogens is 4. The van der Waals surface area contributed by atoms with Crippen LogP contribution >= 0.6 is 34.5 Å². The zero-order chi connectivity index (χ0) is 22.0. The molecule has 0 fully saturated rings. The summed E-state index contributed by atoms with van der Waals surface area (Å²) in [4.78, 5) is 25.0. The number of H-pyrrole nitrogens is 1. The van der Waals surface area contributed by atoms with Crippen molar-refractivity contribution in [2.75, 3.05) is 11.9 Å². The molecule has 3 N–H and O–H groups in total. The number of aliphatic hydroxyl groups excluding tert-OH is 1. The summed E-state index contributed by atoms with van der Waals surface area (Å²) in [7, 11) is 0. The Morgan fingerprint density at radius 1 is 1.23 bits per heavy atom. The summed E-state index contributed by atoms with van der Waals surface area (Å²) >= 11 is 13.9. The Labute approximate surface area is 190 Å². The van der Waals surface area contributed by atoms with Crippen molar-refractivity contribution < 1.29 is 9.90 Å².